The first-order valence-corrected chi connectivity index (χ1v) is 15.6. The Labute approximate surface area is 287 Å². The molecule has 0 saturated heterocycles. The molecule has 0 unspecified atom stereocenters. The first-order valence-electron chi connectivity index (χ1n) is 15.6. The number of carbonyl (C=O) groups is 6. The summed E-state index contributed by atoms with van der Waals surface area (Å²) in [5.74, 6) is -4.32. The number of hydroxylamine groups is 1. The van der Waals surface area contributed by atoms with Crippen LogP contribution in [0, 0.1) is 0 Å². The molecule has 4 aromatic carbocycles. The predicted molar refractivity (Wildman–Crippen MR) is 184 cm³/mol. The smallest absolute Gasteiger partial charge is 0.267 e. The Kier molecular flexibility index (Phi) is 13.3. The first kappa shape index (κ1) is 36.5. The van der Waals surface area contributed by atoms with Gasteiger partial charge in [-0.3, -0.25) is 34.0 Å². The molecule has 0 radical (unpaired) electrons. The summed E-state index contributed by atoms with van der Waals surface area (Å²) in [5.41, 5.74) is 11.0. The van der Waals surface area contributed by atoms with Crippen LogP contribution in [0.2, 0.25) is 0 Å². The fraction of sp³-hybridized carbons (Fsp3) is 0.167. The van der Waals surface area contributed by atoms with E-state index in [1.807, 2.05) is 60.7 Å². The normalized spacial score (nSPS) is 11.6. The molecule has 50 heavy (non-hydrogen) atoms. The van der Waals surface area contributed by atoms with Gasteiger partial charge < -0.3 is 32.3 Å². The molecule has 0 aliphatic carbocycles. The Balaban J connectivity index is 1.31. The Morgan fingerprint density at radius 3 is 1.34 bits per heavy atom. The number of amides is 6. The van der Waals surface area contributed by atoms with Crippen LogP contribution in [0.25, 0.3) is 22.3 Å². The maximum atomic E-state index is 13.0. The third-order valence-electron chi connectivity index (χ3n) is 7.48. The molecule has 0 saturated carbocycles. The number of nitrogens with two attached hydrogens (primary N) is 1. The second-order valence-electron chi connectivity index (χ2n) is 10.9. The van der Waals surface area contributed by atoms with Crippen molar-refractivity contribution in [2.24, 2.45) is 5.73 Å². The van der Waals surface area contributed by atoms with Crippen molar-refractivity contribution >= 4 is 35.4 Å². The number of carbonyl (C=O) groups excluding carboxylic acids is 6. The molecule has 2 atom stereocenters. The molecule has 4 rings (SSSR count). The topological polar surface area (TPSA) is 221 Å². The van der Waals surface area contributed by atoms with Gasteiger partial charge in [-0.05, 0) is 46.5 Å². The van der Waals surface area contributed by atoms with Gasteiger partial charge in [0.25, 0.3) is 17.7 Å². The molecule has 14 heteroatoms. The summed E-state index contributed by atoms with van der Waals surface area (Å²) >= 11 is 0. The molecular formula is C36H37N7O7. The highest BCUT2D eigenvalue weighted by Gasteiger charge is 2.25. The Morgan fingerprint density at radius 2 is 0.920 bits per heavy atom. The fourth-order valence-electron chi connectivity index (χ4n) is 4.73. The van der Waals surface area contributed by atoms with Crippen LogP contribution in [-0.4, -0.2) is 78.9 Å². The van der Waals surface area contributed by atoms with Crippen molar-refractivity contribution in [1.82, 2.24) is 32.1 Å². The Bertz CT molecular complexity index is 1790. The average molecular weight is 680 g/mol. The van der Waals surface area contributed by atoms with Crippen LogP contribution in [-0.2, 0) is 19.2 Å². The van der Waals surface area contributed by atoms with E-state index in [-0.39, 0.29) is 24.2 Å². The van der Waals surface area contributed by atoms with Gasteiger partial charge in [0.15, 0.2) is 0 Å². The van der Waals surface area contributed by atoms with E-state index < -0.39 is 60.6 Å². The molecular weight excluding hydrogens is 642 g/mol. The lowest BCUT2D eigenvalue weighted by atomic mass is 10.0. The van der Waals surface area contributed by atoms with Crippen molar-refractivity contribution in [2.75, 3.05) is 26.2 Å². The van der Waals surface area contributed by atoms with Crippen LogP contribution < -0.4 is 37.8 Å². The second-order valence-corrected chi connectivity index (χ2v) is 10.9. The Hall–Kier alpha value is -6.38. The van der Waals surface area contributed by atoms with Crippen LogP contribution >= 0.6 is 0 Å². The van der Waals surface area contributed by atoms with Gasteiger partial charge in [0.1, 0.15) is 12.1 Å². The molecule has 4 aromatic rings. The molecule has 258 valence electrons. The molecule has 0 bridgehead atoms. The number of benzene rings is 4. The lowest BCUT2D eigenvalue weighted by molar-refractivity contribution is -0.131. The maximum absolute atomic E-state index is 13.0. The van der Waals surface area contributed by atoms with Gasteiger partial charge in [0.05, 0.1) is 13.1 Å². The third kappa shape index (κ3) is 10.6. The van der Waals surface area contributed by atoms with E-state index in [2.05, 4.69) is 26.6 Å². The average Bonchev–Trinajstić information content (AvgIpc) is 3.17. The zero-order valence-electron chi connectivity index (χ0n) is 26.8. The van der Waals surface area contributed by atoms with E-state index in [0.717, 1.165) is 22.3 Å². The number of nitrogens with one attached hydrogen (secondary N) is 6. The zero-order valence-corrected chi connectivity index (χ0v) is 26.8. The summed E-state index contributed by atoms with van der Waals surface area (Å²) in [5, 5.41) is 21.4. The van der Waals surface area contributed by atoms with E-state index in [9.17, 15) is 34.0 Å². The molecule has 0 heterocycles. The van der Waals surface area contributed by atoms with Crippen LogP contribution in [0.15, 0.2) is 109 Å². The summed E-state index contributed by atoms with van der Waals surface area (Å²) in [4.78, 5) is 75.5. The first-order chi connectivity index (χ1) is 24.2. The molecule has 0 spiro atoms. The van der Waals surface area contributed by atoms with Crippen molar-refractivity contribution in [3.63, 3.8) is 0 Å². The summed E-state index contributed by atoms with van der Waals surface area (Å²) in [6.45, 7) is -1.66. The molecule has 0 aromatic heterocycles. The van der Waals surface area contributed by atoms with Crippen LogP contribution in [0.3, 0.4) is 0 Å². The number of hydrogen-bond acceptors (Lipinski definition) is 8. The Morgan fingerprint density at radius 1 is 0.520 bits per heavy atom. The van der Waals surface area contributed by atoms with Crippen molar-refractivity contribution < 1.29 is 34.0 Å². The SMILES string of the molecule is NCC(=O)NC[C@H](NC(=O)c1ccc(-c2ccccc2)cc1)C(=O)NCC(=O)NC[C@H](NC(=O)c1ccc(-c2ccccc2)cc1)C(=O)NO. The molecule has 0 aliphatic rings. The minimum atomic E-state index is -1.37. The van der Waals surface area contributed by atoms with Crippen LogP contribution in [0.4, 0.5) is 0 Å². The predicted octanol–water partition coefficient (Wildman–Crippen LogP) is 0.730. The van der Waals surface area contributed by atoms with E-state index in [0.29, 0.717) is 0 Å². The minimum absolute atomic E-state index is 0.237. The molecule has 0 fully saturated rings. The maximum Gasteiger partial charge on any atom is 0.267 e. The summed E-state index contributed by atoms with van der Waals surface area (Å²) in [6, 6.07) is 29.7. The van der Waals surface area contributed by atoms with E-state index >= 15 is 0 Å². The fourth-order valence-corrected chi connectivity index (χ4v) is 4.73. The summed E-state index contributed by atoms with van der Waals surface area (Å²) in [7, 11) is 0. The number of rotatable bonds is 15. The van der Waals surface area contributed by atoms with Gasteiger partial charge in [-0.1, -0.05) is 84.9 Å². The molecule has 9 N–H and O–H groups in total. The van der Waals surface area contributed by atoms with Gasteiger partial charge in [0.2, 0.25) is 17.7 Å². The number of hydrogen-bond donors (Lipinski definition) is 8. The highest BCUT2D eigenvalue weighted by atomic mass is 16.5. The largest absolute Gasteiger partial charge is 0.352 e. The van der Waals surface area contributed by atoms with Crippen molar-refractivity contribution in [1.29, 1.82) is 0 Å². The van der Waals surface area contributed by atoms with Gasteiger partial charge >= 0.3 is 0 Å². The van der Waals surface area contributed by atoms with Crippen LogP contribution in [0.5, 0.6) is 0 Å². The zero-order chi connectivity index (χ0) is 35.9. The van der Waals surface area contributed by atoms with Gasteiger partial charge in [-0.2, -0.15) is 0 Å². The second kappa shape index (κ2) is 18.2. The van der Waals surface area contributed by atoms with Crippen molar-refractivity contribution in [3.8, 4) is 22.3 Å². The van der Waals surface area contributed by atoms with Crippen LogP contribution in [0.1, 0.15) is 20.7 Å². The van der Waals surface area contributed by atoms with E-state index in [1.54, 1.807) is 48.5 Å². The third-order valence-corrected chi connectivity index (χ3v) is 7.48. The quantitative estimate of drug-likeness (QED) is 0.0660. The lowest BCUT2D eigenvalue weighted by Gasteiger charge is -2.20. The highest BCUT2D eigenvalue weighted by molar-refractivity contribution is 5.99. The standard InChI is InChI=1S/C36H37N7O7/c37-19-31(44)38-20-29(41-33(46)27-15-11-25(12-16-27)23-7-3-1-4-8-23)35(48)40-22-32(45)39-21-30(36(49)43-50)42-34(47)28-17-13-26(14-18-28)24-9-5-2-6-10-24/h1-18,29-30,50H,19-22,37H2,(H,38,44)(H,39,45)(H,40,48)(H,41,46)(H,42,47)(H,43,49)/t29-,30-/m0/s1. The molecule has 6 amide bonds. The van der Waals surface area contributed by atoms with Crippen molar-refractivity contribution in [3.05, 3.63) is 120 Å². The van der Waals surface area contributed by atoms with Crippen molar-refractivity contribution in [2.45, 2.75) is 12.1 Å². The summed E-state index contributed by atoms with van der Waals surface area (Å²) in [6.07, 6.45) is 0. The van der Waals surface area contributed by atoms with Gasteiger partial charge in [-0.25, -0.2) is 5.48 Å². The lowest BCUT2D eigenvalue weighted by Crippen LogP contribution is -2.55. The monoisotopic (exact) mass is 679 g/mol. The van der Waals surface area contributed by atoms with Gasteiger partial charge in [-0.15, -0.1) is 0 Å². The highest BCUT2D eigenvalue weighted by Crippen LogP contribution is 2.20. The van der Waals surface area contributed by atoms with Gasteiger partial charge in [0, 0.05) is 24.2 Å². The van der Waals surface area contributed by atoms with E-state index in [4.69, 9.17) is 5.73 Å². The minimum Gasteiger partial charge on any atom is -0.352 e. The summed E-state index contributed by atoms with van der Waals surface area (Å²) < 4.78 is 0. The molecule has 0 aliphatic heterocycles. The molecule has 14 nitrogen and oxygen atoms in total. The van der Waals surface area contributed by atoms with E-state index in [1.165, 1.54) is 5.48 Å².